The van der Waals surface area contributed by atoms with Crippen LogP contribution in [-0.4, -0.2) is 45.1 Å². The van der Waals surface area contributed by atoms with E-state index in [1.807, 2.05) is 30.3 Å². The van der Waals surface area contributed by atoms with Crippen LogP contribution in [0.2, 0.25) is 0 Å². The van der Waals surface area contributed by atoms with Crippen LogP contribution in [0, 0.1) is 5.92 Å². The summed E-state index contributed by atoms with van der Waals surface area (Å²) in [5.41, 5.74) is 6.48. The lowest BCUT2D eigenvalue weighted by Gasteiger charge is -2.37. The van der Waals surface area contributed by atoms with Crippen LogP contribution in [0.5, 0.6) is 0 Å². The topological polar surface area (TPSA) is 92.5 Å². The molecule has 1 fully saturated rings. The summed E-state index contributed by atoms with van der Waals surface area (Å²) in [6, 6.07) is 9.01. The van der Waals surface area contributed by atoms with Crippen LogP contribution >= 0.6 is 0 Å². The highest BCUT2D eigenvalue weighted by atomic mass is 32.2. The number of hydrogen-bond donors (Lipinski definition) is 2. The summed E-state index contributed by atoms with van der Waals surface area (Å²) >= 11 is 0. The van der Waals surface area contributed by atoms with Crippen LogP contribution in [0.15, 0.2) is 30.3 Å². The molecule has 1 aromatic rings. The van der Waals surface area contributed by atoms with E-state index in [1.165, 1.54) is 0 Å². The van der Waals surface area contributed by atoms with Gasteiger partial charge in [-0.05, 0) is 30.9 Å². The molecule has 0 unspecified atom stereocenters. The van der Waals surface area contributed by atoms with Crippen molar-refractivity contribution in [3.63, 3.8) is 0 Å². The molecule has 0 bridgehead atoms. The lowest BCUT2D eigenvalue weighted by Crippen LogP contribution is -2.46. The quantitative estimate of drug-likeness (QED) is 0.795. The van der Waals surface area contributed by atoms with Gasteiger partial charge in [0.25, 0.3) is 0 Å². The zero-order valence-electron chi connectivity index (χ0n) is 12.7. The maximum absolute atomic E-state index is 11.9. The molecule has 0 aliphatic carbocycles. The zero-order valence-corrected chi connectivity index (χ0v) is 13.6. The molecule has 1 heterocycles. The lowest BCUT2D eigenvalue weighted by atomic mass is 9.94. The Kier molecular flexibility index (Phi) is 5.55. The van der Waals surface area contributed by atoms with Crippen molar-refractivity contribution in [2.75, 3.05) is 25.9 Å². The molecule has 3 N–H and O–H groups in total. The van der Waals surface area contributed by atoms with Crippen molar-refractivity contribution in [2.24, 2.45) is 11.7 Å². The number of benzene rings is 1. The number of sulfonamides is 1. The molecule has 0 saturated carbocycles. The summed E-state index contributed by atoms with van der Waals surface area (Å²) in [6.45, 7) is 1.85. The minimum absolute atomic E-state index is 0.189. The van der Waals surface area contributed by atoms with Crippen LogP contribution in [0.25, 0.3) is 0 Å². The number of carbonyl (C=O) groups excluding carboxylic acids is 1. The minimum atomic E-state index is -3.19. The fourth-order valence-corrected chi connectivity index (χ4v) is 3.50. The highest BCUT2D eigenvalue weighted by molar-refractivity contribution is 7.88. The van der Waals surface area contributed by atoms with Crippen LogP contribution in [0.1, 0.15) is 24.4 Å². The zero-order chi connectivity index (χ0) is 16.2. The predicted molar refractivity (Wildman–Crippen MR) is 85.5 cm³/mol. The van der Waals surface area contributed by atoms with E-state index in [2.05, 4.69) is 9.62 Å². The van der Waals surface area contributed by atoms with Gasteiger partial charge in [-0.1, -0.05) is 30.3 Å². The lowest BCUT2D eigenvalue weighted by molar-refractivity contribution is -0.124. The Hall–Kier alpha value is -1.44. The second-order valence-corrected chi connectivity index (χ2v) is 7.67. The molecule has 0 aromatic heterocycles. The van der Waals surface area contributed by atoms with E-state index >= 15 is 0 Å². The van der Waals surface area contributed by atoms with Crippen molar-refractivity contribution in [3.8, 4) is 0 Å². The number of nitrogens with two attached hydrogens (primary N) is 1. The number of primary amides is 1. The largest absolute Gasteiger partial charge is 0.368 e. The maximum atomic E-state index is 11.9. The van der Waals surface area contributed by atoms with Gasteiger partial charge < -0.3 is 5.73 Å². The Morgan fingerprint density at radius 1 is 1.41 bits per heavy atom. The Bertz CT molecular complexity index is 604. The number of nitrogens with one attached hydrogen (secondary N) is 1. The standard InChI is InChI=1S/C15H23N3O3S/c1-22(20,21)17-10-12-6-5-9-18(11-12)14(15(16)19)13-7-3-2-4-8-13/h2-4,7-8,12,14,17H,5-6,9-11H2,1H3,(H2,16,19)/t12-,14+/m0/s1. The molecule has 2 atom stereocenters. The van der Waals surface area contributed by atoms with Gasteiger partial charge >= 0.3 is 0 Å². The molecular formula is C15H23N3O3S. The third-order valence-corrected chi connectivity index (χ3v) is 4.63. The van der Waals surface area contributed by atoms with Crippen LogP contribution in [-0.2, 0) is 14.8 Å². The van der Waals surface area contributed by atoms with E-state index in [1.54, 1.807) is 0 Å². The molecule has 0 spiro atoms. The van der Waals surface area contributed by atoms with Gasteiger partial charge in [-0.25, -0.2) is 13.1 Å². The van der Waals surface area contributed by atoms with Crippen molar-refractivity contribution in [2.45, 2.75) is 18.9 Å². The number of likely N-dealkylation sites (tertiary alicyclic amines) is 1. The molecule has 22 heavy (non-hydrogen) atoms. The Balaban J connectivity index is 2.07. The van der Waals surface area contributed by atoms with Gasteiger partial charge in [0, 0.05) is 13.1 Å². The monoisotopic (exact) mass is 325 g/mol. The molecule has 1 aliphatic heterocycles. The van der Waals surface area contributed by atoms with Crippen molar-refractivity contribution in [1.82, 2.24) is 9.62 Å². The van der Waals surface area contributed by atoms with Crippen molar-refractivity contribution in [1.29, 1.82) is 0 Å². The first-order chi connectivity index (χ1) is 10.4. The van der Waals surface area contributed by atoms with Gasteiger partial charge in [0.1, 0.15) is 6.04 Å². The summed E-state index contributed by atoms with van der Waals surface area (Å²) < 4.78 is 25.0. The molecule has 122 valence electrons. The molecule has 1 saturated heterocycles. The van der Waals surface area contributed by atoms with Gasteiger partial charge in [-0.15, -0.1) is 0 Å². The SMILES string of the molecule is CS(=O)(=O)NC[C@@H]1CCCN([C@@H](C(N)=O)c2ccccc2)C1. The molecule has 0 radical (unpaired) electrons. The maximum Gasteiger partial charge on any atom is 0.239 e. The summed E-state index contributed by atoms with van der Waals surface area (Å²) in [5, 5.41) is 0. The van der Waals surface area contributed by atoms with E-state index in [9.17, 15) is 13.2 Å². The number of hydrogen-bond acceptors (Lipinski definition) is 4. The molecule has 1 amide bonds. The summed E-state index contributed by atoms with van der Waals surface area (Å²) in [4.78, 5) is 13.9. The summed E-state index contributed by atoms with van der Waals surface area (Å²) in [5.74, 6) is -0.183. The first-order valence-electron chi connectivity index (χ1n) is 7.40. The van der Waals surface area contributed by atoms with Crippen molar-refractivity contribution >= 4 is 15.9 Å². The number of piperidine rings is 1. The van der Waals surface area contributed by atoms with E-state index in [-0.39, 0.29) is 11.8 Å². The molecular weight excluding hydrogens is 302 g/mol. The molecule has 7 heteroatoms. The Morgan fingerprint density at radius 2 is 2.09 bits per heavy atom. The van der Waals surface area contributed by atoms with Crippen LogP contribution in [0.4, 0.5) is 0 Å². The van der Waals surface area contributed by atoms with Crippen LogP contribution in [0.3, 0.4) is 0 Å². The minimum Gasteiger partial charge on any atom is -0.368 e. The van der Waals surface area contributed by atoms with Crippen molar-refractivity contribution < 1.29 is 13.2 Å². The second-order valence-electron chi connectivity index (χ2n) is 5.84. The normalized spacial score (nSPS) is 21.4. The van der Waals surface area contributed by atoms with E-state index < -0.39 is 16.1 Å². The third kappa shape index (κ3) is 4.79. The third-order valence-electron chi connectivity index (χ3n) is 3.93. The Labute approximate surface area is 131 Å². The molecule has 2 rings (SSSR count). The smallest absolute Gasteiger partial charge is 0.239 e. The highest BCUT2D eigenvalue weighted by Gasteiger charge is 2.30. The first kappa shape index (κ1) is 16.9. The number of nitrogens with zero attached hydrogens (tertiary/aromatic N) is 1. The molecule has 1 aromatic carbocycles. The first-order valence-corrected chi connectivity index (χ1v) is 9.29. The van der Waals surface area contributed by atoms with Gasteiger partial charge in [0.15, 0.2) is 0 Å². The van der Waals surface area contributed by atoms with Gasteiger partial charge in [-0.2, -0.15) is 0 Å². The number of carbonyl (C=O) groups is 1. The van der Waals surface area contributed by atoms with Crippen molar-refractivity contribution in [3.05, 3.63) is 35.9 Å². The predicted octanol–water partition coefficient (Wildman–Crippen LogP) is 0.474. The number of amides is 1. The van der Waals surface area contributed by atoms with Gasteiger partial charge in [-0.3, -0.25) is 9.69 Å². The fraction of sp³-hybridized carbons (Fsp3) is 0.533. The Morgan fingerprint density at radius 3 is 2.68 bits per heavy atom. The molecule has 1 aliphatic rings. The molecule has 6 nitrogen and oxygen atoms in total. The summed E-state index contributed by atoms with van der Waals surface area (Å²) in [7, 11) is -3.19. The van der Waals surface area contributed by atoms with E-state index in [0.29, 0.717) is 13.1 Å². The van der Waals surface area contributed by atoms with E-state index in [0.717, 1.165) is 31.2 Å². The summed E-state index contributed by atoms with van der Waals surface area (Å²) in [6.07, 6.45) is 3.02. The second kappa shape index (κ2) is 7.21. The van der Waals surface area contributed by atoms with Crippen LogP contribution < -0.4 is 10.5 Å². The number of rotatable bonds is 6. The van der Waals surface area contributed by atoms with Gasteiger partial charge in [0.2, 0.25) is 15.9 Å². The average Bonchev–Trinajstić information content (AvgIpc) is 2.46. The van der Waals surface area contributed by atoms with Gasteiger partial charge in [0.05, 0.1) is 6.26 Å². The van der Waals surface area contributed by atoms with E-state index in [4.69, 9.17) is 5.73 Å². The fourth-order valence-electron chi connectivity index (χ4n) is 2.96. The average molecular weight is 325 g/mol. The highest BCUT2D eigenvalue weighted by Crippen LogP contribution is 2.26.